The number of benzene rings is 2. The van der Waals surface area contributed by atoms with Gasteiger partial charge in [-0.05, 0) is 93.8 Å². The fourth-order valence-electron chi connectivity index (χ4n) is 4.03. The first kappa shape index (κ1) is 44.4. The van der Waals surface area contributed by atoms with Crippen molar-refractivity contribution in [1.29, 1.82) is 0 Å². The van der Waals surface area contributed by atoms with Gasteiger partial charge in [-0.1, -0.05) is 66.2 Å². The number of hydrogen-bond donors (Lipinski definition) is 0. The molecule has 4 aromatic heterocycles. The number of rotatable bonds is 6. The minimum atomic E-state index is -3.75. The van der Waals surface area contributed by atoms with Gasteiger partial charge in [-0.3, -0.25) is 14.4 Å². The van der Waals surface area contributed by atoms with Gasteiger partial charge in [0.05, 0.1) is 27.4 Å². The summed E-state index contributed by atoms with van der Waals surface area (Å²) in [6, 6.07) is 27.9. The average Bonchev–Trinajstić information content (AvgIpc) is 3.51. The summed E-state index contributed by atoms with van der Waals surface area (Å²) in [4.78, 5) is 11.4. The Hall–Kier alpha value is -4.73. The van der Waals surface area contributed by atoms with E-state index in [0.29, 0.717) is 5.84 Å². The second-order valence-corrected chi connectivity index (χ2v) is 15.3. The van der Waals surface area contributed by atoms with E-state index < -0.39 is 19.9 Å². The Bertz CT molecular complexity index is 2310. The van der Waals surface area contributed by atoms with E-state index in [-0.39, 0.29) is 39.4 Å². The van der Waals surface area contributed by atoms with Crippen molar-refractivity contribution in [2.24, 2.45) is 10.1 Å². The van der Waals surface area contributed by atoms with Crippen LogP contribution in [0.5, 0.6) is 0 Å². The monoisotopic (exact) mass is 811 g/mol. The second kappa shape index (κ2) is 21.7. The number of sulfonamides is 1. The molecule has 0 atom stereocenters. The Morgan fingerprint density at radius 1 is 0.774 bits per heavy atom. The summed E-state index contributed by atoms with van der Waals surface area (Å²) in [6.45, 7) is 11.2. The van der Waals surface area contributed by atoms with Crippen LogP contribution in [0.3, 0.4) is 0 Å². The van der Waals surface area contributed by atoms with Crippen LogP contribution in [0.1, 0.15) is 36.4 Å². The topological polar surface area (TPSA) is 154 Å². The minimum Gasteiger partial charge on any atom is -0.370 e. The van der Waals surface area contributed by atoms with E-state index in [1.807, 2.05) is 80.2 Å². The maximum Gasteiger partial charge on any atom is 0.284 e. The molecule has 0 spiro atoms. The predicted octanol–water partition coefficient (Wildman–Crippen LogP) is 7.04. The molecule has 1 radical (unpaired) electrons. The van der Waals surface area contributed by atoms with Crippen molar-refractivity contribution < 1.29 is 40.0 Å². The SMILES string of the molecule is C/C(=N/[N-]S(=O)(=O)c1ccccc1)[n+]1cccc(C)c1.CC(Cl)=NCS(=O)(=O)c1ccccc1.Cc1ccc2nnc(C)n2c1.Cc1cccnc1.[V]. The van der Waals surface area contributed by atoms with E-state index in [4.69, 9.17) is 11.6 Å². The fourth-order valence-corrected chi connectivity index (χ4v) is 6.07. The van der Waals surface area contributed by atoms with Gasteiger partial charge < -0.3 is 4.83 Å². The van der Waals surface area contributed by atoms with Crippen LogP contribution >= 0.6 is 11.6 Å². The third-order valence-electron chi connectivity index (χ3n) is 6.74. The Morgan fingerprint density at radius 3 is 1.94 bits per heavy atom. The van der Waals surface area contributed by atoms with Crippen LogP contribution < -0.4 is 4.57 Å². The average molecular weight is 812 g/mol. The number of fused-ring (bicyclic) bond motifs is 1. The number of nitrogens with zero attached hydrogens (tertiary/aromatic N) is 8. The fraction of sp³-hybridized carbons (Fsp3) is 0.189. The van der Waals surface area contributed by atoms with Crippen molar-refractivity contribution in [3.63, 3.8) is 0 Å². The van der Waals surface area contributed by atoms with E-state index in [2.05, 4.69) is 37.0 Å². The summed E-state index contributed by atoms with van der Waals surface area (Å²) in [5.74, 6) is 1.11. The van der Waals surface area contributed by atoms with Crippen LogP contribution in [0.15, 0.2) is 148 Å². The molecule has 6 aromatic rings. The maximum absolute atomic E-state index is 12.0. The summed E-state index contributed by atoms with van der Waals surface area (Å²) in [5, 5.41) is 12.0. The molecule has 277 valence electrons. The molecular weight excluding hydrogens is 771 g/mol. The quantitative estimate of drug-likeness (QED) is 0.0757. The number of aryl methyl sites for hydroxylation is 4. The zero-order valence-corrected chi connectivity index (χ0v) is 34.0. The van der Waals surface area contributed by atoms with Crippen molar-refractivity contribution in [2.75, 3.05) is 5.88 Å². The van der Waals surface area contributed by atoms with Crippen LogP contribution in [0.4, 0.5) is 0 Å². The molecule has 0 aliphatic carbocycles. The zero-order chi connectivity index (χ0) is 38.1. The molecule has 0 N–H and O–H groups in total. The van der Waals surface area contributed by atoms with Crippen LogP contribution in [0.25, 0.3) is 10.5 Å². The Kier molecular flexibility index (Phi) is 18.2. The van der Waals surface area contributed by atoms with E-state index >= 15 is 0 Å². The standard InChI is InChI=1S/C14H15N3O2S.C9H10ClNO2S.C8H9N3.C6H7N.V/c1-12-7-6-10-17(11-12)13(2)15-16-20(18,19)14-8-4-3-5-9-14;1-8(10)11-7-14(12,13)9-5-3-2-4-6-9;1-6-3-4-8-10-9-7(2)11(8)5-6;1-6-3-2-4-7-5-6;/h3-11H,1-2H3;2-6H,7H2,1H3;3-5H,1-2H3;2-5H,1H3;/b15-13-;;;;. The zero-order valence-electron chi connectivity index (χ0n) is 30.2. The van der Waals surface area contributed by atoms with Crippen LogP contribution in [-0.2, 0) is 38.4 Å². The Morgan fingerprint density at radius 2 is 1.40 bits per heavy atom. The molecule has 16 heteroatoms. The van der Waals surface area contributed by atoms with Crippen LogP contribution in [0.2, 0.25) is 0 Å². The first-order valence-electron chi connectivity index (χ1n) is 15.8. The van der Waals surface area contributed by atoms with E-state index in [1.54, 1.807) is 67.2 Å². The number of halogens is 1. The molecule has 4 heterocycles. The van der Waals surface area contributed by atoms with E-state index in [9.17, 15) is 16.8 Å². The number of hydrogen-bond acceptors (Lipinski definition) is 9. The van der Waals surface area contributed by atoms with Gasteiger partial charge in [0.1, 0.15) is 11.7 Å². The van der Waals surface area contributed by atoms with E-state index in [0.717, 1.165) is 17.0 Å². The molecule has 12 nitrogen and oxygen atoms in total. The summed E-state index contributed by atoms with van der Waals surface area (Å²) in [6.07, 6.45) is 9.28. The number of pyridine rings is 3. The second-order valence-electron chi connectivity index (χ2n) is 11.2. The molecule has 0 unspecified atom stereocenters. The van der Waals surface area contributed by atoms with Gasteiger partial charge in [0.25, 0.3) is 5.84 Å². The number of aromatic nitrogens is 5. The molecule has 0 bridgehead atoms. The predicted molar refractivity (Wildman–Crippen MR) is 206 cm³/mol. The van der Waals surface area contributed by atoms with Gasteiger partial charge in [-0.15, -0.1) is 15.3 Å². The first-order chi connectivity index (χ1) is 24.7. The minimum absolute atomic E-state index is 0. The van der Waals surface area contributed by atoms with Crippen molar-refractivity contribution in [1.82, 2.24) is 19.6 Å². The third kappa shape index (κ3) is 15.4. The molecule has 0 aliphatic rings. The van der Waals surface area contributed by atoms with Crippen molar-refractivity contribution >= 4 is 48.1 Å². The molecule has 53 heavy (non-hydrogen) atoms. The largest absolute Gasteiger partial charge is 0.370 e. The maximum atomic E-state index is 12.0. The first-order valence-corrected chi connectivity index (χ1v) is 19.3. The molecule has 0 amide bonds. The molecule has 6 rings (SSSR count). The number of sulfone groups is 1. The van der Waals surface area contributed by atoms with Crippen LogP contribution in [0, 0.1) is 27.7 Å². The van der Waals surface area contributed by atoms with E-state index in [1.165, 1.54) is 35.4 Å². The van der Waals surface area contributed by atoms with Gasteiger partial charge in [-0.25, -0.2) is 21.4 Å². The van der Waals surface area contributed by atoms with Crippen molar-refractivity contribution in [3.05, 3.63) is 155 Å². The third-order valence-corrected chi connectivity index (χ3v) is 9.48. The normalized spacial score (nSPS) is 11.4. The van der Waals surface area contributed by atoms with Crippen molar-refractivity contribution in [3.8, 4) is 0 Å². The molecular formula is C37H41ClN8O4S2V. The Labute approximate surface area is 328 Å². The Balaban J connectivity index is 0.000000258. The summed E-state index contributed by atoms with van der Waals surface area (Å²) in [5.41, 5.74) is 4.39. The van der Waals surface area contributed by atoms with Crippen LogP contribution in [-0.4, -0.2) is 53.3 Å². The molecule has 0 saturated heterocycles. The van der Waals surface area contributed by atoms with Gasteiger partial charge in [-0.2, -0.15) is 0 Å². The smallest absolute Gasteiger partial charge is 0.284 e. The van der Waals surface area contributed by atoms with Crippen molar-refractivity contribution in [2.45, 2.75) is 51.3 Å². The van der Waals surface area contributed by atoms with Gasteiger partial charge in [0, 0.05) is 44.1 Å². The molecule has 0 saturated carbocycles. The van der Waals surface area contributed by atoms with Gasteiger partial charge in [0.15, 0.2) is 25.5 Å². The summed E-state index contributed by atoms with van der Waals surface area (Å²) < 4.78 is 50.7. The summed E-state index contributed by atoms with van der Waals surface area (Å²) >= 11 is 5.46. The number of aliphatic imine (C=N–C) groups is 1. The summed E-state index contributed by atoms with van der Waals surface area (Å²) in [7, 11) is -7.08. The van der Waals surface area contributed by atoms with Gasteiger partial charge in [0.2, 0.25) is 0 Å². The molecule has 0 fully saturated rings. The molecule has 2 aromatic carbocycles. The molecule has 0 aliphatic heterocycles. The van der Waals surface area contributed by atoms with Gasteiger partial charge >= 0.3 is 0 Å².